The van der Waals surface area contributed by atoms with Crippen LogP contribution >= 0.6 is 11.8 Å². The van der Waals surface area contributed by atoms with Gasteiger partial charge >= 0.3 is 6.09 Å². The lowest BCUT2D eigenvalue weighted by Gasteiger charge is -2.31. The van der Waals surface area contributed by atoms with Gasteiger partial charge in [-0.2, -0.15) is 0 Å². The highest BCUT2D eigenvalue weighted by Crippen LogP contribution is 2.42. The number of benzene rings is 3. The summed E-state index contributed by atoms with van der Waals surface area (Å²) in [6.45, 7) is 5.83. The Morgan fingerprint density at radius 3 is 2.42 bits per heavy atom. The molecule has 5 rings (SSSR count). The molecular formula is C32H33N3O4S. The number of anilines is 1. The molecule has 3 aromatic carbocycles. The standard InChI is InChI=1S/C32H33N3O4S/c1-3-39-32(38)34-18-16-26(17-19-34)33-30(36)24-14-12-23(13-15-24)20-29-31(37)35(21-25-9-5-4-8-22(25)2)27-10-6-7-11-28(27)40-29/h4-15,20,26H,3,16-19,21H2,1-2H3,(H,33,36)/b29-20+. The van der Waals surface area contributed by atoms with E-state index in [1.807, 2.05) is 59.5 Å². The quantitative estimate of drug-likeness (QED) is 0.376. The number of aryl methyl sites for hydroxylation is 1. The van der Waals surface area contributed by atoms with Gasteiger partial charge in [-0.3, -0.25) is 9.59 Å². The summed E-state index contributed by atoms with van der Waals surface area (Å²) in [6, 6.07) is 23.4. The van der Waals surface area contributed by atoms with Crippen LogP contribution in [0.1, 0.15) is 46.8 Å². The Hall–Kier alpha value is -4.04. The monoisotopic (exact) mass is 555 g/mol. The van der Waals surface area contributed by atoms with E-state index in [1.54, 1.807) is 24.0 Å². The van der Waals surface area contributed by atoms with Crippen LogP contribution in [0.4, 0.5) is 10.5 Å². The Bertz CT molecular complexity index is 1430. The first-order valence-corrected chi connectivity index (χ1v) is 14.4. The van der Waals surface area contributed by atoms with Crippen molar-refractivity contribution in [2.75, 3.05) is 24.6 Å². The normalized spacial score (nSPS) is 16.6. The van der Waals surface area contributed by atoms with Gasteiger partial charge in [-0.1, -0.05) is 60.3 Å². The Labute approximate surface area is 239 Å². The topological polar surface area (TPSA) is 79.0 Å². The largest absolute Gasteiger partial charge is 0.450 e. The van der Waals surface area contributed by atoms with Gasteiger partial charge in [0.15, 0.2) is 0 Å². The second-order valence-corrected chi connectivity index (χ2v) is 11.0. The number of nitrogens with one attached hydrogen (secondary N) is 1. The number of carbonyl (C=O) groups excluding carboxylic acids is 3. The van der Waals surface area contributed by atoms with Crippen LogP contribution < -0.4 is 10.2 Å². The van der Waals surface area contributed by atoms with E-state index >= 15 is 0 Å². The number of piperidine rings is 1. The Balaban J connectivity index is 1.26. The zero-order chi connectivity index (χ0) is 28.1. The fraction of sp³-hybridized carbons (Fsp3) is 0.281. The van der Waals surface area contributed by atoms with Crippen LogP contribution in [0.15, 0.2) is 82.6 Å². The van der Waals surface area contributed by atoms with Crippen molar-refractivity contribution in [3.63, 3.8) is 0 Å². The molecule has 0 saturated carbocycles. The zero-order valence-corrected chi connectivity index (χ0v) is 23.6. The predicted molar refractivity (Wildman–Crippen MR) is 158 cm³/mol. The number of thioether (sulfide) groups is 1. The van der Waals surface area contributed by atoms with Crippen LogP contribution in [0.25, 0.3) is 6.08 Å². The van der Waals surface area contributed by atoms with Crippen molar-refractivity contribution >= 4 is 41.4 Å². The molecule has 7 nitrogen and oxygen atoms in total. The third-order valence-corrected chi connectivity index (χ3v) is 8.33. The van der Waals surface area contributed by atoms with Gasteiger partial charge in [-0.25, -0.2) is 4.79 Å². The van der Waals surface area contributed by atoms with E-state index in [-0.39, 0.29) is 23.9 Å². The van der Waals surface area contributed by atoms with E-state index < -0.39 is 0 Å². The van der Waals surface area contributed by atoms with Crippen LogP contribution in [-0.4, -0.2) is 48.5 Å². The number of ether oxygens (including phenoxy) is 1. The van der Waals surface area contributed by atoms with Crippen molar-refractivity contribution in [1.82, 2.24) is 10.2 Å². The highest BCUT2D eigenvalue weighted by atomic mass is 32.2. The van der Waals surface area contributed by atoms with Crippen molar-refractivity contribution in [2.45, 2.75) is 44.2 Å². The number of hydrogen-bond acceptors (Lipinski definition) is 5. The summed E-state index contributed by atoms with van der Waals surface area (Å²) in [7, 11) is 0. The SMILES string of the molecule is CCOC(=O)N1CCC(NC(=O)c2ccc(/C=C3/Sc4ccccc4N(Cc4ccccc4C)C3=O)cc2)CC1. The molecular weight excluding hydrogens is 522 g/mol. The minimum absolute atomic E-state index is 0.00975. The predicted octanol–water partition coefficient (Wildman–Crippen LogP) is 6.03. The maximum atomic E-state index is 13.6. The molecule has 1 fully saturated rings. The number of rotatable bonds is 6. The van der Waals surface area contributed by atoms with Crippen molar-refractivity contribution in [3.05, 3.63) is 100.0 Å². The Morgan fingerprint density at radius 2 is 1.70 bits per heavy atom. The van der Waals surface area contributed by atoms with Crippen molar-refractivity contribution in [2.24, 2.45) is 0 Å². The molecule has 8 heteroatoms. The van der Waals surface area contributed by atoms with Crippen molar-refractivity contribution in [3.8, 4) is 0 Å². The van der Waals surface area contributed by atoms with Crippen molar-refractivity contribution < 1.29 is 19.1 Å². The lowest BCUT2D eigenvalue weighted by molar-refractivity contribution is -0.114. The number of fused-ring (bicyclic) bond motifs is 1. The van der Waals surface area contributed by atoms with Crippen LogP contribution in [0.5, 0.6) is 0 Å². The summed E-state index contributed by atoms with van der Waals surface area (Å²) in [6.07, 6.45) is 2.97. The zero-order valence-electron chi connectivity index (χ0n) is 22.8. The molecule has 0 bridgehead atoms. The molecule has 0 unspecified atom stereocenters. The van der Waals surface area contributed by atoms with E-state index in [1.165, 1.54) is 11.8 Å². The molecule has 1 saturated heterocycles. The molecule has 3 aromatic rings. The molecule has 0 spiro atoms. The fourth-order valence-corrected chi connectivity index (χ4v) is 6.01. The summed E-state index contributed by atoms with van der Waals surface area (Å²) in [5.74, 6) is -0.182. The third kappa shape index (κ3) is 6.23. The first-order chi connectivity index (χ1) is 19.4. The highest BCUT2D eigenvalue weighted by molar-refractivity contribution is 8.04. The number of carbonyl (C=O) groups is 3. The van der Waals surface area contributed by atoms with Gasteiger partial charge < -0.3 is 19.9 Å². The third-order valence-electron chi connectivity index (χ3n) is 7.25. The van der Waals surface area contributed by atoms with E-state index in [2.05, 4.69) is 24.4 Å². The lowest BCUT2D eigenvalue weighted by Crippen LogP contribution is -2.46. The first kappa shape index (κ1) is 27.5. The number of amides is 3. The second-order valence-electron chi connectivity index (χ2n) is 9.95. The van der Waals surface area contributed by atoms with Crippen LogP contribution in [0, 0.1) is 6.92 Å². The van der Waals surface area contributed by atoms with E-state index in [9.17, 15) is 14.4 Å². The molecule has 0 radical (unpaired) electrons. The van der Waals surface area contributed by atoms with Gasteiger partial charge in [0, 0.05) is 29.6 Å². The number of likely N-dealkylation sites (tertiary alicyclic amines) is 1. The molecule has 2 aliphatic heterocycles. The van der Waals surface area contributed by atoms with Gasteiger partial charge in [-0.05, 0) is 73.7 Å². The maximum absolute atomic E-state index is 13.6. The summed E-state index contributed by atoms with van der Waals surface area (Å²) in [5.41, 5.74) is 4.58. The van der Waals surface area contributed by atoms with Crippen molar-refractivity contribution in [1.29, 1.82) is 0 Å². The van der Waals surface area contributed by atoms with Gasteiger partial charge in [0.25, 0.3) is 11.8 Å². The smallest absolute Gasteiger partial charge is 0.409 e. The van der Waals surface area contributed by atoms with Gasteiger partial charge in [0.1, 0.15) is 0 Å². The van der Waals surface area contributed by atoms with Gasteiger partial charge in [0.2, 0.25) is 0 Å². The van der Waals surface area contributed by atoms with E-state index in [4.69, 9.17) is 4.74 Å². The summed E-state index contributed by atoms with van der Waals surface area (Å²) >= 11 is 1.47. The molecule has 2 aliphatic rings. The lowest BCUT2D eigenvalue weighted by atomic mass is 10.0. The summed E-state index contributed by atoms with van der Waals surface area (Å²) < 4.78 is 5.06. The molecule has 1 N–H and O–H groups in total. The molecule has 0 aromatic heterocycles. The minimum Gasteiger partial charge on any atom is -0.450 e. The van der Waals surface area contributed by atoms with Crippen LogP contribution in [0.2, 0.25) is 0 Å². The minimum atomic E-state index is -0.298. The number of nitrogens with zero attached hydrogens (tertiary/aromatic N) is 2. The number of hydrogen-bond donors (Lipinski definition) is 1. The highest BCUT2D eigenvalue weighted by Gasteiger charge is 2.29. The van der Waals surface area contributed by atoms with E-state index in [0.717, 1.165) is 27.3 Å². The fourth-order valence-electron chi connectivity index (χ4n) is 4.95. The summed E-state index contributed by atoms with van der Waals surface area (Å²) in [5, 5.41) is 3.08. The van der Waals surface area contributed by atoms with Crippen LogP contribution in [0.3, 0.4) is 0 Å². The second kappa shape index (κ2) is 12.4. The molecule has 206 valence electrons. The Morgan fingerprint density at radius 1 is 1.00 bits per heavy atom. The first-order valence-electron chi connectivity index (χ1n) is 13.6. The average Bonchev–Trinajstić information content (AvgIpc) is 2.97. The summed E-state index contributed by atoms with van der Waals surface area (Å²) in [4.78, 5) is 43.6. The number of para-hydroxylation sites is 1. The Kier molecular flexibility index (Phi) is 8.55. The molecule has 3 amide bonds. The van der Waals surface area contributed by atoms with E-state index in [0.29, 0.717) is 49.6 Å². The molecule has 40 heavy (non-hydrogen) atoms. The van der Waals surface area contributed by atoms with Gasteiger partial charge in [0.05, 0.1) is 23.7 Å². The van der Waals surface area contributed by atoms with Gasteiger partial charge in [-0.15, -0.1) is 0 Å². The molecule has 2 heterocycles. The van der Waals surface area contributed by atoms with Crippen LogP contribution in [-0.2, 0) is 16.1 Å². The maximum Gasteiger partial charge on any atom is 0.409 e. The molecule has 0 aliphatic carbocycles. The average molecular weight is 556 g/mol. The molecule has 0 atom stereocenters.